The Kier molecular flexibility index (Phi) is 7.20. The predicted octanol–water partition coefficient (Wildman–Crippen LogP) is 3.20. The number of nitrogens with two attached hydrogens (primary N) is 1. The molecule has 0 bridgehead atoms. The molecular weight excluding hydrogens is 350 g/mol. The number of likely N-dealkylation sites (tertiary alicyclic amines) is 1. The molecule has 1 atom stereocenters. The summed E-state index contributed by atoms with van der Waals surface area (Å²) in [4.78, 5) is 27.2. The minimum Gasteiger partial charge on any atom is -0.354 e. The van der Waals surface area contributed by atoms with Crippen molar-refractivity contribution in [3.05, 3.63) is 60.2 Å². The maximum absolute atomic E-state index is 13.0. The first kappa shape index (κ1) is 20.1. The molecule has 0 spiro atoms. The Labute approximate surface area is 166 Å². The summed E-state index contributed by atoms with van der Waals surface area (Å²) in [5.74, 6) is -0.111. The minimum absolute atomic E-state index is 0.0421. The van der Waals surface area contributed by atoms with E-state index in [-0.39, 0.29) is 17.9 Å². The van der Waals surface area contributed by atoms with Crippen LogP contribution in [0.25, 0.3) is 11.1 Å². The first-order valence-corrected chi connectivity index (χ1v) is 10.1. The minimum atomic E-state index is -0.365. The zero-order valence-corrected chi connectivity index (χ0v) is 16.3. The van der Waals surface area contributed by atoms with Crippen molar-refractivity contribution in [2.75, 3.05) is 19.6 Å². The molecule has 2 aromatic rings. The van der Waals surface area contributed by atoms with Crippen LogP contribution in [-0.4, -0.2) is 42.4 Å². The molecule has 1 saturated heterocycles. The molecule has 0 aromatic heterocycles. The lowest BCUT2D eigenvalue weighted by Gasteiger charge is -2.24. The number of carbonyl (C=O) groups excluding carboxylic acids is 2. The fourth-order valence-electron chi connectivity index (χ4n) is 3.66. The molecule has 1 fully saturated rings. The number of unbranched alkanes of at least 4 members (excludes halogenated alkanes) is 2. The van der Waals surface area contributed by atoms with Gasteiger partial charge in [0.05, 0.1) is 0 Å². The molecule has 0 unspecified atom stereocenters. The Morgan fingerprint density at radius 2 is 1.68 bits per heavy atom. The number of amides is 2. The monoisotopic (exact) mass is 379 g/mol. The molecule has 0 aliphatic carbocycles. The summed E-state index contributed by atoms with van der Waals surface area (Å²) in [5, 5.41) is 2.98. The molecule has 5 nitrogen and oxygen atoms in total. The van der Waals surface area contributed by atoms with Gasteiger partial charge >= 0.3 is 0 Å². The molecule has 0 saturated carbocycles. The molecule has 5 heteroatoms. The maximum atomic E-state index is 13.0. The van der Waals surface area contributed by atoms with E-state index in [2.05, 4.69) is 5.32 Å². The second-order valence-electron chi connectivity index (χ2n) is 7.24. The molecule has 3 N–H and O–H groups in total. The summed E-state index contributed by atoms with van der Waals surface area (Å²) < 4.78 is 0. The molecule has 2 aromatic carbocycles. The van der Waals surface area contributed by atoms with Crippen LogP contribution < -0.4 is 11.1 Å². The number of rotatable bonds is 8. The van der Waals surface area contributed by atoms with Gasteiger partial charge in [-0.15, -0.1) is 0 Å². The van der Waals surface area contributed by atoms with E-state index in [1.807, 2.05) is 54.6 Å². The highest BCUT2D eigenvalue weighted by atomic mass is 16.2. The van der Waals surface area contributed by atoms with Gasteiger partial charge in [0.25, 0.3) is 5.91 Å². The van der Waals surface area contributed by atoms with E-state index in [4.69, 9.17) is 5.73 Å². The third-order valence-corrected chi connectivity index (χ3v) is 5.24. The largest absolute Gasteiger partial charge is 0.354 e. The van der Waals surface area contributed by atoms with Gasteiger partial charge in [0.15, 0.2) is 0 Å². The predicted molar refractivity (Wildman–Crippen MR) is 112 cm³/mol. The second kappa shape index (κ2) is 10.0. The van der Waals surface area contributed by atoms with E-state index in [0.717, 1.165) is 43.2 Å². The topological polar surface area (TPSA) is 75.4 Å². The highest BCUT2D eigenvalue weighted by Crippen LogP contribution is 2.23. The Hall–Kier alpha value is -2.66. The van der Waals surface area contributed by atoms with E-state index >= 15 is 0 Å². The zero-order valence-electron chi connectivity index (χ0n) is 16.3. The van der Waals surface area contributed by atoms with Crippen LogP contribution in [-0.2, 0) is 4.79 Å². The highest BCUT2D eigenvalue weighted by Gasteiger charge is 2.34. The molecule has 2 amide bonds. The van der Waals surface area contributed by atoms with Gasteiger partial charge in [-0.25, -0.2) is 0 Å². The first-order chi connectivity index (χ1) is 13.7. The lowest BCUT2D eigenvalue weighted by molar-refractivity contribution is -0.124. The van der Waals surface area contributed by atoms with Crippen LogP contribution in [0.4, 0.5) is 0 Å². The molecule has 28 heavy (non-hydrogen) atoms. The molecule has 148 valence electrons. The zero-order chi connectivity index (χ0) is 19.8. The maximum Gasteiger partial charge on any atom is 0.254 e. The highest BCUT2D eigenvalue weighted by molar-refractivity contribution is 5.98. The van der Waals surface area contributed by atoms with Gasteiger partial charge in [0, 0.05) is 18.7 Å². The third-order valence-electron chi connectivity index (χ3n) is 5.24. The average molecular weight is 380 g/mol. The fourth-order valence-corrected chi connectivity index (χ4v) is 3.66. The number of nitrogens with one attached hydrogen (secondary N) is 1. The number of hydrogen-bond donors (Lipinski definition) is 2. The third kappa shape index (κ3) is 4.98. The SMILES string of the molecule is NCCCCCNC(=O)[C@H]1CCCN1C(=O)c1ccc(-c2ccccc2)cc1. The molecule has 1 aliphatic heterocycles. The van der Waals surface area contributed by atoms with E-state index < -0.39 is 0 Å². The van der Waals surface area contributed by atoms with Crippen LogP contribution >= 0.6 is 0 Å². The summed E-state index contributed by atoms with van der Waals surface area (Å²) >= 11 is 0. The Morgan fingerprint density at radius 1 is 0.964 bits per heavy atom. The summed E-state index contributed by atoms with van der Waals surface area (Å²) in [5.41, 5.74) is 8.31. The van der Waals surface area contributed by atoms with Crippen LogP contribution in [0.15, 0.2) is 54.6 Å². The van der Waals surface area contributed by atoms with Gasteiger partial charge < -0.3 is 16.0 Å². The quantitative estimate of drug-likeness (QED) is 0.692. The van der Waals surface area contributed by atoms with Crippen LogP contribution in [0, 0.1) is 0 Å². The lowest BCUT2D eigenvalue weighted by Crippen LogP contribution is -2.46. The Balaban J connectivity index is 1.60. The van der Waals surface area contributed by atoms with Crippen LogP contribution in [0.1, 0.15) is 42.5 Å². The summed E-state index contributed by atoms with van der Waals surface area (Å²) in [6, 6.07) is 17.3. The van der Waals surface area contributed by atoms with Crippen molar-refractivity contribution < 1.29 is 9.59 Å². The van der Waals surface area contributed by atoms with Crippen molar-refractivity contribution in [3.63, 3.8) is 0 Å². The molecular formula is C23H29N3O2. The summed E-state index contributed by atoms with van der Waals surface area (Å²) in [6.45, 7) is 1.95. The van der Waals surface area contributed by atoms with Gasteiger partial charge in [-0.05, 0) is 55.5 Å². The van der Waals surface area contributed by atoms with E-state index in [9.17, 15) is 9.59 Å². The Morgan fingerprint density at radius 3 is 2.39 bits per heavy atom. The average Bonchev–Trinajstić information content (AvgIpc) is 3.24. The van der Waals surface area contributed by atoms with Crippen LogP contribution in [0.5, 0.6) is 0 Å². The van der Waals surface area contributed by atoms with E-state index in [1.54, 1.807) is 4.90 Å². The number of benzene rings is 2. The normalized spacial score (nSPS) is 16.2. The van der Waals surface area contributed by atoms with Crippen molar-refractivity contribution in [1.82, 2.24) is 10.2 Å². The summed E-state index contributed by atoms with van der Waals surface area (Å²) in [6.07, 6.45) is 4.49. The smallest absolute Gasteiger partial charge is 0.254 e. The number of nitrogens with zero attached hydrogens (tertiary/aromatic N) is 1. The van der Waals surface area contributed by atoms with Gasteiger partial charge in [-0.1, -0.05) is 48.9 Å². The van der Waals surface area contributed by atoms with Gasteiger partial charge in [-0.3, -0.25) is 9.59 Å². The van der Waals surface area contributed by atoms with Gasteiger partial charge in [0.2, 0.25) is 5.91 Å². The molecule has 1 aliphatic rings. The molecule has 1 heterocycles. The van der Waals surface area contributed by atoms with Crippen molar-refractivity contribution in [1.29, 1.82) is 0 Å². The van der Waals surface area contributed by atoms with Crippen molar-refractivity contribution >= 4 is 11.8 Å². The van der Waals surface area contributed by atoms with Crippen molar-refractivity contribution in [2.24, 2.45) is 5.73 Å². The molecule has 3 rings (SSSR count). The fraction of sp³-hybridized carbons (Fsp3) is 0.391. The van der Waals surface area contributed by atoms with Crippen molar-refractivity contribution in [2.45, 2.75) is 38.1 Å². The number of hydrogen-bond acceptors (Lipinski definition) is 3. The second-order valence-corrected chi connectivity index (χ2v) is 7.24. The van der Waals surface area contributed by atoms with Crippen LogP contribution in [0.2, 0.25) is 0 Å². The van der Waals surface area contributed by atoms with Crippen molar-refractivity contribution in [3.8, 4) is 11.1 Å². The standard InChI is InChI=1S/C23H29N3O2/c24-15-5-2-6-16-25-22(27)21-10-7-17-26(21)23(28)20-13-11-19(12-14-20)18-8-3-1-4-9-18/h1,3-4,8-9,11-14,21H,2,5-7,10,15-17,24H2,(H,25,27)/t21-/m1/s1. The van der Waals surface area contributed by atoms with Crippen LogP contribution in [0.3, 0.4) is 0 Å². The first-order valence-electron chi connectivity index (χ1n) is 10.1. The van der Waals surface area contributed by atoms with E-state index in [0.29, 0.717) is 25.2 Å². The van der Waals surface area contributed by atoms with E-state index in [1.165, 1.54) is 0 Å². The van der Waals surface area contributed by atoms with Gasteiger partial charge in [0.1, 0.15) is 6.04 Å². The Bertz CT molecular complexity index is 774. The summed E-state index contributed by atoms with van der Waals surface area (Å²) in [7, 11) is 0. The lowest BCUT2D eigenvalue weighted by atomic mass is 10.0. The number of carbonyl (C=O) groups is 2. The van der Waals surface area contributed by atoms with Gasteiger partial charge in [-0.2, -0.15) is 0 Å². The molecule has 0 radical (unpaired) electrons.